The van der Waals surface area contributed by atoms with Gasteiger partial charge in [0.15, 0.2) is 0 Å². The predicted molar refractivity (Wildman–Crippen MR) is 183 cm³/mol. The van der Waals surface area contributed by atoms with Crippen molar-refractivity contribution < 1.29 is 14.6 Å². The fourth-order valence-electron chi connectivity index (χ4n) is 6.43. The number of hydrogen-bond acceptors (Lipinski definition) is 7. The Morgan fingerprint density at radius 1 is 1.04 bits per heavy atom. The molecule has 1 aliphatic heterocycles. The Hall–Kier alpha value is -3.53. The first-order valence-electron chi connectivity index (χ1n) is 15.8. The van der Waals surface area contributed by atoms with Gasteiger partial charge >= 0.3 is 0 Å². The molecular formula is C36H39Cl2N5O3. The highest BCUT2D eigenvalue weighted by molar-refractivity contribution is 6.39. The summed E-state index contributed by atoms with van der Waals surface area (Å²) in [6.45, 7) is 3.50. The van der Waals surface area contributed by atoms with Crippen LogP contribution in [0.1, 0.15) is 55.3 Å². The van der Waals surface area contributed by atoms with Crippen molar-refractivity contribution in [3.63, 3.8) is 0 Å². The summed E-state index contributed by atoms with van der Waals surface area (Å²) < 4.78 is 5.59. The molecule has 240 valence electrons. The molecule has 6 rings (SSSR count). The van der Waals surface area contributed by atoms with Crippen LogP contribution in [0.4, 0.5) is 0 Å². The normalized spacial score (nSPS) is 18.2. The number of carbonyl (C=O) groups is 1. The minimum atomic E-state index is -0.443. The summed E-state index contributed by atoms with van der Waals surface area (Å²) in [5, 5.41) is 20.6. The number of rotatable bonds is 11. The van der Waals surface area contributed by atoms with Gasteiger partial charge in [0.1, 0.15) is 0 Å². The van der Waals surface area contributed by atoms with E-state index in [-0.39, 0.29) is 18.0 Å². The van der Waals surface area contributed by atoms with Crippen molar-refractivity contribution in [3.05, 3.63) is 87.5 Å². The molecule has 0 radical (unpaired) electrons. The number of fused-ring (bicyclic) bond motifs is 1. The molecule has 1 aliphatic carbocycles. The second kappa shape index (κ2) is 14.5. The number of aliphatic hydroxyl groups excluding tert-OH is 1. The van der Waals surface area contributed by atoms with E-state index < -0.39 is 6.10 Å². The van der Waals surface area contributed by atoms with Gasteiger partial charge in [0, 0.05) is 72.2 Å². The van der Waals surface area contributed by atoms with Crippen LogP contribution < -0.4 is 20.7 Å². The van der Waals surface area contributed by atoms with Crippen molar-refractivity contribution >= 4 is 29.1 Å². The van der Waals surface area contributed by atoms with Crippen LogP contribution in [0.2, 0.25) is 10.0 Å². The molecule has 0 bridgehead atoms. The third-order valence-electron chi connectivity index (χ3n) is 8.77. The van der Waals surface area contributed by atoms with Crippen molar-refractivity contribution in [1.82, 2.24) is 25.9 Å². The summed E-state index contributed by atoms with van der Waals surface area (Å²) >= 11 is 14.2. The van der Waals surface area contributed by atoms with Crippen LogP contribution >= 0.6 is 23.2 Å². The molecule has 2 aromatic carbocycles. The first kappa shape index (κ1) is 32.4. The van der Waals surface area contributed by atoms with Crippen molar-refractivity contribution in [2.75, 3.05) is 20.2 Å². The van der Waals surface area contributed by atoms with E-state index in [0.717, 1.165) is 60.0 Å². The summed E-state index contributed by atoms with van der Waals surface area (Å²) in [4.78, 5) is 21.1. The van der Waals surface area contributed by atoms with Crippen LogP contribution in [0.3, 0.4) is 0 Å². The third-order valence-corrected chi connectivity index (χ3v) is 9.56. The molecule has 4 aromatic rings. The van der Waals surface area contributed by atoms with Crippen molar-refractivity contribution in [3.8, 4) is 39.5 Å². The van der Waals surface area contributed by atoms with E-state index >= 15 is 0 Å². The third kappa shape index (κ3) is 7.06. The second-order valence-corrected chi connectivity index (χ2v) is 12.9. The van der Waals surface area contributed by atoms with E-state index in [1.54, 1.807) is 20.2 Å². The number of nitrogens with one attached hydrogen (secondary N) is 3. The molecule has 10 heteroatoms. The molecule has 4 N–H and O–H groups in total. The fourth-order valence-corrected chi connectivity index (χ4v) is 7.07. The van der Waals surface area contributed by atoms with Gasteiger partial charge in [0.05, 0.1) is 34.6 Å². The number of aliphatic hydroxyl groups is 1. The average Bonchev–Trinajstić information content (AvgIpc) is 3.48. The molecule has 1 amide bonds. The number of benzene rings is 2. The number of nitrogens with zero attached hydrogens (tertiary/aromatic N) is 2. The standard InChI is InChI=1S/C36H39Cl2N5O3/c1-21(44)18-39-19-24-10-13-31(43-36(24)46-2)29-7-4-6-27(33(29)37)28-15-16-40-35(34(28)38)23-9-12-26-22(17-23)5-3-8-30(26)41-20-25-11-14-32(45)42-25/h4,6-7,9-10,12-13,15-17,21,25,30,39,41,44H,3,5,8,11,14,18-20H2,1-2H3,(H,42,45)/t21-,25+,30+/m1/s1. The van der Waals surface area contributed by atoms with Gasteiger partial charge in [-0.25, -0.2) is 4.98 Å². The van der Waals surface area contributed by atoms with Gasteiger partial charge in [-0.05, 0) is 61.9 Å². The van der Waals surface area contributed by atoms with Crippen LogP contribution in [-0.4, -0.2) is 53.3 Å². The summed E-state index contributed by atoms with van der Waals surface area (Å²) in [6, 6.07) is 18.6. The average molecular weight is 661 g/mol. The summed E-state index contributed by atoms with van der Waals surface area (Å²) in [6.07, 6.45) is 5.99. The molecular weight excluding hydrogens is 621 g/mol. The van der Waals surface area contributed by atoms with E-state index in [4.69, 9.17) is 37.9 Å². The topological polar surface area (TPSA) is 108 Å². The largest absolute Gasteiger partial charge is 0.481 e. The van der Waals surface area contributed by atoms with Crippen molar-refractivity contribution in [2.45, 2.75) is 63.8 Å². The fraction of sp³-hybridized carbons (Fsp3) is 0.361. The molecule has 3 atom stereocenters. The maximum atomic E-state index is 11.6. The van der Waals surface area contributed by atoms with Crippen molar-refractivity contribution in [2.24, 2.45) is 0 Å². The zero-order valence-electron chi connectivity index (χ0n) is 26.1. The monoisotopic (exact) mass is 659 g/mol. The Labute approximate surface area is 279 Å². The number of hydrogen-bond donors (Lipinski definition) is 4. The number of aryl methyl sites for hydroxylation is 1. The van der Waals surface area contributed by atoms with Crippen LogP contribution in [-0.2, 0) is 17.8 Å². The van der Waals surface area contributed by atoms with Gasteiger partial charge in [-0.1, -0.05) is 59.6 Å². The molecule has 2 aliphatic rings. The first-order valence-corrected chi connectivity index (χ1v) is 16.6. The maximum Gasteiger partial charge on any atom is 0.220 e. The lowest BCUT2D eigenvalue weighted by molar-refractivity contribution is -0.119. The molecule has 1 saturated heterocycles. The Kier molecular flexibility index (Phi) is 10.2. The molecule has 0 unspecified atom stereocenters. The second-order valence-electron chi connectivity index (χ2n) is 12.1. The SMILES string of the molecule is COc1nc(-c2cccc(-c3ccnc(-c4ccc5c(c4)CCC[C@@H]5NC[C@@H]4CCC(=O)N4)c3Cl)c2Cl)ccc1CNC[C@@H](C)O. The van der Waals surface area contributed by atoms with Gasteiger partial charge in [-0.2, -0.15) is 0 Å². The number of amides is 1. The number of pyridine rings is 2. The number of ether oxygens (including phenoxy) is 1. The summed E-state index contributed by atoms with van der Waals surface area (Å²) in [5.41, 5.74) is 8.18. The van der Waals surface area contributed by atoms with Crippen LogP contribution in [0.5, 0.6) is 5.88 Å². The zero-order chi connectivity index (χ0) is 32.2. The lowest BCUT2D eigenvalue weighted by Crippen LogP contribution is -2.38. The van der Waals surface area contributed by atoms with Crippen molar-refractivity contribution in [1.29, 1.82) is 0 Å². The summed E-state index contributed by atoms with van der Waals surface area (Å²) in [5.74, 6) is 0.640. The van der Waals surface area contributed by atoms with E-state index in [0.29, 0.717) is 46.8 Å². The first-order chi connectivity index (χ1) is 22.3. The molecule has 0 saturated carbocycles. The van der Waals surface area contributed by atoms with E-state index in [1.165, 1.54) is 11.1 Å². The van der Waals surface area contributed by atoms with Gasteiger partial charge in [-0.15, -0.1) is 0 Å². The summed E-state index contributed by atoms with van der Waals surface area (Å²) in [7, 11) is 1.59. The molecule has 46 heavy (non-hydrogen) atoms. The quantitative estimate of drug-likeness (QED) is 0.145. The van der Waals surface area contributed by atoms with Gasteiger partial charge in [-0.3, -0.25) is 9.78 Å². The predicted octanol–water partition coefficient (Wildman–Crippen LogP) is 6.51. The minimum Gasteiger partial charge on any atom is -0.481 e. The van der Waals surface area contributed by atoms with E-state index in [2.05, 4.69) is 34.1 Å². The number of methoxy groups -OCH3 is 1. The van der Waals surface area contributed by atoms with Gasteiger partial charge in [0.25, 0.3) is 0 Å². The minimum absolute atomic E-state index is 0.143. The van der Waals surface area contributed by atoms with Crippen LogP contribution in [0, 0.1) is 0 Å². The van der Waals surface area contributed by atoms with Crippen LogP contribution in [0.15, 0.2) is 60.8 Å². The molecule has 0 spiro atoms. The van der Waals surface area contributed by atoms with E-state index in [1.807, 2.05) is 36.4 Å². The Balaban J connectivity index is 1.26. The molecule has 1 fully saturated rings. The molecule has 2 aromatic heterocycles. The van der Waals surface area contributed by atoms with Crippen LogP contribution in [0.25, 0.3) is 33.6 Å². The number of halogens is 2. The Bertz CT molecular complexity index is 1730. The maximum absolute atomic E-state index is 11.6. The highest BCUT2D eigenvalue weighted by Gasteiger charge is 2.25. The van der Waals surface area contributed by atoms with Gasteiger partial charge in [0.2, 0.25) is 11.8 Å². The molecule has 3 heterocycles. The molecule has 8 nitrogen and oxygen atoms in total. The Morgan fingerprint density at radius 2 is 1.87 bits per heavy atom. The van der Waals surface area contributed by atoms with Gasteiger partial charge < -0.3 is 25.8 Å². The smallest absolute Gasteiger partial charge is 0.220 e. The Morgan fingerprint density at radius 3 is 2.65 bits per heavy atom. The highest BCUT2D eigenvalue weighted by atomic mass is 35.5. The zero-order valence-corrected chi connectivity index (χ0v) is 27.6. The number of aromatic nitrogens is 2. The highest BCUT2D eigenvalue weighted by Crippen LogP contribution is 2.42. The van der Waals surface area contributed by atoms with E-state index in [9.17, 15) is 9.90 Å². The number of carbonyl (C=O) groups excluding carboxylic acids is 1. The lowest BCUT2D eigenvalue weighted by Gasteiger charge is -2.28. The lowest BCUT2D eigenvalue weighted by atomic mass is 9.86.